The van der Waals surface area contributed by atoms with E-state index in [1.165, 1.54) is 37.8 Å². The largest absolute Gasteiger partial charge is 0.383 e. The first kappa shape index (κ1) is 16.2. The van der Waals surface area contributed by atoms with Crippen LogP contribution in [0, 0.1) is 10.1 Å². The van der Waals surface area contributed by atoms with Gasteiger partial charge in [-0.15, -0.1) is 0 Å². The zero-order valence-corrected chi connectivity index (χ0v) is 12.6. The summed E-state index contributed by atoms with van der Waals surface area (Å²) in [5, 5.41) is 13.9. The fourth-order valence-corrected chi connectivity index (χ4v) is 2.71. The molecule has 0 aromatic heterocycles. The van der Waals surface area contributed by atoms with Gasteiger partial charge in [-0.2, -0.15) is 0 Å². The van der Waals surface area contributed by atoms with Crippen LogP contribution in [0.2, 0.25) is 0 Å². The van der Waals surface area contributed by atoms with E-state index in [0.717, 1.165) is 19.6 Å². The zero-order valence-electron chi connectivity index (χ0n) is 12.6. The number of anilines is 1. The van der Waals surface area contributed by atoms with Crippen LogP contribution in [0.4, 0.5) is 11.4 Å². The molecule has 1 fully saturated rings. The molecule has 7 nitrogen and oxygen atoms in total. The number of primary amides is 1. The van der Waals surface area contributed by atoms with Gasteiger partial charge in [0.15, 0.2) is 0 Å². The summed E-state index contributed by atoms with van der Waals surface area (Å²) >= 11 is 0. The Morgan fingerprint density at radius 1 is 1.27 bits per heavy atom. The maximum absolute atomic E-state index is 11.5. The second kappa shape index (κ2) is 7.74. The van der Waals surface area contributed by atoms with Gasteiger partial charge in [-0.05, 0) is 32.0 Å². The standard InChI is InChI=1S/C15H22N4O3/c16-15(20)13-11-12(19(21)22)5-6-14(13)17-7-10-18-8-3-1-2-4-9-18/h5-6,11,17H,1-4,7-10H2,(H2,16,20). The van der Waals surface area contributed by atoms with Crippen LogP contribution in [0.1, 0.15) is 36.0 Å². The molecule has 2 rings (SSSR count). The Balaban J connectivity index is 1.96. The van der Waals surface area contributed by atoms with Crippen molar-refractivity contribution in [1.29, 1.82) is 0 Å². The number of likely N-dealkylation sites (tertiary alicyclic amines) is 1. The van der Waals surface area contributed by atoms with E-state index >= 15 is 0 Å². The minimum Gasteiger partial charge on any atom is -0.383 e. The van der Waals surface area contributed by atoms with Gasteiger partial charge in [-0.3, -0.25) is 14.9 Å². The third-order valence-corrected chi connectivity index (χ3v) is 3.92. The van der Waals surface area contributed by atoms with Crippen molar-refractivity contribution >= 4 is 17.3 Å². The molecule has 1 aromatic rings. The van der Waals surface area contributed by atoms with Gasteiger partial charge in [0.25, 0.3) is 11.6 Å². The molecule has 1 heterocycles. The Hall–Kier alpha value is -2.15. The van der Waals surface area contributed by atoms with Crippen LogP contribution in [0.3, 0.4) is 0 Å². The first-order chi connectivity index (χ1) is 10.6. The number of nitro benzene ring substituents is 1. The number of nitrogens with one attached hydrogen (secondary N) is 1. The van der Waals surface area contributed by atoms with Gasteiger partial charge in [-0.25, -0.2) is 0 Å². The van der Waals surface area contributed by atoms with E-state index in [2.05, 4.69) is 10.2 Å². The van der Waals surface area contributed by atoms with E-state index in [9.17, 15) is 14.9 Å². The van der Waals surface area contributed by atoms with Crippen LogP contribution in [0.15, 0.2) is 18.2 Å². The van der Waals surface area contributed by atoms with Crippen molar-refractivity contribution in [3.63, 3.8) is 0 Å². The summed E-state index contributed by atoms with van der Waals surface area (Å²) in [6.45, 7) is 3.77. The average Bonchev–Trinajstić information content (AvgIpc) is 2.76. The minimum absolute atomic E-state index is 0.133. The molecule has 0 radical (unpaired) electrons. The van der Waals surface area contributed by atoms with Crippen molar-refractivity contribution in [3.8, 4) is 0 Å². The summed E-state index contributed by atoms with van der Waals surface area (Å²) in [7, 11) is 0. The Kier molecular flexibility index (Phi) is 5.71. The lowest BCUT2D eigenvalue weighted by atomic mass is 10.1. The second-order valence-electron chi connectivity index (χ2n) is 5.53. The summed E-state index contributed by atoms with van der Waals surface area (Å²) in [5.74, 6) is -0.666. The molecule has 1 aliphatic rings. The molecule has 120 valence electrons. The Labute approximate surface area is 129 Å². The van der Waals surface area contributed by atoms with Gasteiger partial charge in [-0.1, -0.05) is 12.8 Å². The van der Waals surface area contributed by atoms with Crippen molar-refractivity contribution in [2.75, 3.05) is 31.5 Å². The lowest BCUT2D eigenvalue weighted by Gasteiger charge is -2.20. The number of amides is 1. The number of nitro groups is 1. The molecular formula is C15H22N4O3. The van der Waals surface area contributed by atoms with E-state index in [1.54, 1.807) is 6.07 Å². The maximum Gasteiger partial charge on any atom is 0.270 e. The summed E-state index contributed by atoms with van der Waals surface area (Å²) in [6.07, 6.45) is 5.03. The number of non-ortho nitro benzene ring substituents is 1. The fourth-order valence-electron chi connectivity index (χ4n) is 2.71. The van der Waals surface area contributed by atoms with Gasteiger partial charge in [0.1, 0.15) is 0 Å². The van der Waals surface area contributed by atoms with Crippen molar-refractivity contribution in [3.05, 3.63) is 33.9 Å². The maximum atomic E-state index is 11.5. The molecule has 7 heteroatoms. The van der Waals surface area contributed by atoms with Gasteiger partial charge in [0.05, 0.1) is 10.5 Å². The number of nitrogens with zero attached hydrogens (tertiary/aromatic N) is 2. The second-order valence-corrected chi connectivity index (χ2v) is 5.53. The van der Waals surface area contributed by atoms with E-state index in [4.69, 9.17) is 5.73 Å². The number of carbonyl (C=O) groups excluding carboxylic acids is 1. The summed E-state index contributed by atoms with van der Waals surface area (Å²) in [6, 6.07) is 4.14. The van der Waals surface area contributed by atoms with Crippen LogP contribution in [-0.2, 0) is 0 Å². The Morgan fingerprint density at radius 3 is 2.55 bits per heavy atom. The van der Waals surface area contributed by atoms with Crippen LogP contribution >= 0.6 is 0 Å². The van der Waals surface area contributed by atoms with Crippen molar-refractivity contribution in [2.24, 2.45) is 5.73 Å². The Bertz CT molecular complexity index is 540. The molecule has 0 bridgehead atoms. The molecule has 0 unspecified atom stereocenters. The molecule has 1 aromatic carbocycles. The molecule has 1 aliphatic heterocycles. The molecule has 0 aliphatic carbocycles. The van der Waals surface area contributed by atoms with Crippen LogP contribution in [0.5, 0.6) is 0 Å². The van der Waals surface area contributed by atoms with E-state index in [0.29, 0.717) is 12.2 Å². The van der Waals surface area contributed by atoms with Crippen molar-refractivity contribution in [1.82, 2.24) is 4.90 Å². The first-order valence-electron chi connectivity index (χ1n) is 7.62. The van der Waals surface area contributed by atoms with Crippen LogP contribution < -0.4 is 11.1 Å². The predicted octanol–water partition coefficient (Wildman–Crippen LogP) is 1.98. The summed E-state index contributed by atoms with van der Waals surface area (Å²) in [5.41, 5.74) is 5.88. The fraction of sp³-hybridized carbons (Fsp3) is 0.533. The van der Waals surface area contributed by atoms with Gasteiger partial charge < -0.3 is 16.0 Å². The van der Waals surface area contributed by atoms with Gasteiger partial charge in [0.2, 0.25) is 0 Å². The summed E-state index contributed by atoms with van der Waals surface area (Å²) in [4.78, 5) is 24.1. The summed E-state index contributed by atoms with van der Waals surface area (Å²) < 4.78 is 0. The van der Waals surface area contributed by atoms with Gasteiger partial charge in [0, 0.05) is 30.9 Å². The molecule has 3 N–H and O–H groups in total. The van der Waals surface area contributed by atoms with Crippen LogP contribution in [-0.4, -0.2) is 41.9 Å². The molecule has 22 heavy (non-hydrogen) atoms. The van der Waals surface area contributed by atoms with E-state index in [1.807, 2.05) is 0 Å². The molecule has 0 saturated carbocycles. The molecule has 1 amide bonds. The SMILES string of the molecule is NC(=O)c1cc([N+](=O)[O-])ccc1NCCN1CCCCCC1. The number of rotatable bonds is 6. The van der Waals surface area contributed by atoms with Crippen LogP contribution in [0.25, 0.3) is 0 Å². The van der Waals surface area contributed by atoms with Crippen molar-refractivity contribution < 1.29 is 9.72 Å². The third-order valence-electron chi connectivity index (χ3n) is 3.92. The predicted molar refractivity (Wildman–Crippen MR) is 85.0 cm³/mol. The highest BCUT2D eigenvalue weighted by molar-refractivity contribution is 5.99. The monoisotopic (exact) mass is 306 g/mol. The topological polar surface area (TPSA) is 102 Å². The molecular weight excluding hydrogens is 284 g/mol. The lowest BCUT2D eigenvalue weighted by Crippen LogP contribution is -2.30. The Morgan fingerprint density at radius 2 is 1.95 bits per heavy atom. The number of benzene rings is 1. The van der Waals surface area contributed by atoms with Crippen molar-refractivity contribution in [2.45, 2.75) is 25.7 Å². The normalized spacial score (nSPS) is 16.0. The number of hydrogen-bond donors (Lipinski definition) is 2. The van der Waals surface area contributed by atoms with E-state index in [-0.39, 0.29) is 11.3 Å². The first-order valence-corrected chi connectivity index (χ1v) is 7.62. The molecule has 1 saturated heterocycles. The van der Waals surface area contributed by atoms with E-state index < -0.39 is 10.8 Å². The van der Waals surface area contributed by atoms with Gasteiger partial charge >= 0.3 is 0 Å². The quantitative estimate of drug-likeness (QED) is 0.618. The lowest BCUT2D eigenvalue weighted by molar-refractivity contribution is -0.384. The number of hydrogen-bond acceptors (Lipinski definition) is 5. The highest BCUT2D eigenvalue weighted by atomic mass is 16.6. The zero-order chi connectivity index (χ0) is 15.9. The average molecular weight is 306 g/mol. The number of carbonyl (C=O) groups is 1. The highest BCUT2D eigenvalue weighted by Gasteiger charge is 2.15. The molecule has 0 spiro atoms. The third kappa shape index (κ3) is 4.42. The smallest absolute Gasteiger partial charge is 0.270 e. The number of nitrogens with two attached hydrogens (primary N) is 1. The molecule has 0 atom stereocenters. The highest BCUT2D eigenvalue weighted by Crippen LogP contribution is 2.21. The minimum atomic E-state index is -0.666.